The van der Waals surface area contributed by atoms with Gasteiger partial charge in [-0.1, -0.05) is 13.0 Å². The molecule has 6 rings (SSSR count). The molecular weight excluding hydrogens is 574 g/mol. The van der Waals surface area contributed by atoms with Crippen molar-refractivity contribution in [3.05, 3.63) is 59.2 Å². The predicted octanol–water partition coefficient (Wildman–Crippen LogP) is 8.83. The fourth-order valence-corrected chi connectivity index (χ4v) is 10.1. The highest BCUT2D eigenvalue weighted by Gasteiger charge is 2.57. The summed E-state index contributed by atoms with van der Waals surface area (Å²) in [4.78, 5) is 16.2. The van der Waals surface area contributed by atoms with Gasteiger partial charge in [0.15, 0.2) is 0 Å². The van der Waals surface area contributed by atoms with Gasteiger partial charge in [0, 0.05) is 28.5 Å². The average Bonchev–Trinajstić information content (AvgIpc) is 3.54. The number of benzene rings is 2. The van der Waals surface area contributed by atoms with E-state index in [2.05, 4.69) is 17.9 Å². The minimum Gasteiger partial charge on any atom is -0.508 e. The average molecular weight is 618 g/mol. The number of likely N-dealkylation sites (tertiary alicyclic amines) is 1. The van der Waals surface area contributed by atoms with Crippen LogP contribution in [-0.4, -0.2) is 46.8 Å². The highest BCUT2D eigenvalue weighted by molar-refractivity contribution is 7.99. The molecule has 2 saturated carbocycles. The highest BCUT2D eigenvalue weighted by Crippen LogP contribution is 2.61. The van der Waals surface area contributed by atoms with Crippen molar-refractivity contribution in [1.29, 1.82) is 0 Å². The van der Waals surface area contributed by atoms with E-state index in [9.17, 15) is 23.1 Å². The zero-order valence-corrected chi connectivity index (χ0v) is 25.7. The fraction of sp³-hybridized carbons (Fsp3) is 0.629. The van der Waals surface area contributed by atoms with Gasteiger partial charge in [-0.15, -0.1) is 11.8 Å². The predicted molar refractivity (Wildman–Crippen MR) is 162 cm³/mol. The van der Waals surface area contributed by atoms with Crippen LogP contribution in [0.5, 0.6) is 5.75 Å². The molecule has 4 aliphatic rings. The van der Waals surface area contributed by atoms with E-state index in [1.807, 2.05) is 6.07 Å². The van der Waals surface area contributed by atoms with Crippen molar-refractivity contribution >= 4 is 17.5 Å². The first-order valence-electron chi connectivity index (χ1n) is 16.1. The summed E-state index contributed by atoms with van der Waals surface area (Å²) in [5.74, 6) is 2.60. The molecule has 8 heteroatoms. The van der Waals surface area contributed by atoms with Gasteiger partial charge in [0.25, 0.3) is 0 Å². The fourth-order valence-electron chi connectivity index (χ4n) is 9.05. The van der Waals surface area contributed by atoms with Crippen LogP contribution in [0.4, 0.5) is 17.6 Å². The van der Waals surface area contributed by atoms with Gasteiger partial charge in [0.05, 0.1) is 5.56 Å². The van der Waals surface area contributed by atoms with Crippen molar-refractivity contribution in [1.82, 2.24) is 4.90 Å². The number of thioether (sulfide) groups is 1. The molecule has 1 heterocycles. The Bertz CT molecular complexity index is 1300. The molecule has 1 unspecified atom stereocenters. The number of carbonyl (C=O) groups excluding carboxylic acids is 1. The van der Waals surface area contributed by atoms with E-state index in [4.69, 9.17) is 0 Å². The number of nitrogens with zero attached hydrogens (tertiary/aromatic N) is 1. The second-order valence-electron chi connectivity index (χ2n) is 13.7. The van der Waals surface area contributed by atoms with Crippen LogP contribution in [0.3, 0.4) is 0 Å². The van der Waals surface area contributed by atoms with Crippen LogP contribution < -0.4 is 0 Å². The third-order valence-electron chi connectivity index (χ3n) is 11.2. The van der Waals surface area contributed by atoms with Gasteiger partial charge in [0.1, 0.15) is 17.7 Å². The van der Waals surface area contributed by atoms with Gasteiger partial charge < -0.3 is 5.11 Å². The Morgan fingerprint density at radius 3 is 2.67 bits per heavy atom. The largest absolute Gasteiger partial charge is 0.508 e. The van der Waals surface area contributed by atoms with Crippen LogP contribution in [0.1, 0.15) is 87.3 Å². The van der Waals surface area contributed by atoms with Crippen LogP contribution in [0, 0.1) is 23.2 Å². The molecule has 1 aliphatic heterocycles. The first-order valence-corrected chi connectivity index (χ1v) is 17.0. The lowest BCUT2D eigenvalue weighted by atomic mass is 9.52. The minimum atomic E-state index is -4.32. The SMILES string of the molecule is C[C@]12CC[C@@H]3c4ccc(O)cc4C[C@@H](CC(F)CCCN4CCC[C@H]4CSc4ccc(C(F)(F)F)cc4)[C@H]3[C@@H]1CCC2=O. The standard InChI is InChI=1S/C35H43F4NO2S/c1-34-15-14-30-29-11-8-27(41)20-22(29)18-23(33(30)31(34)12-13-32(34)42)19-25(36)4-2-16-40-17-3-5-26(40)21-43-28-9-6-24(7-10-28)35(37,38)39/h6-11,20,23,25-26,30-31,33,41H,2-5,12-19,21H2,1H3/t23-,25?,26-,30+,31-,33+,34-/m0/s1. The van der Waals surface area contributed by atoms with Gasteiger partial charge in [-0.3, -0.25) is 9.69 Å². The quantitative estimate of drug-likeness (QED) is 0.226. The number of Topliss-reactive ketones (excluding diaryl/α,β-unsaturated/α-hetero) is 1. The molecular formula is C35H43F4NO2S. The van der Waals surface area contributed by atoms with Crippen molar-refractivity contribution in [2.24, 2.45) is 23.2 Å². The second kappa shape index (κ2) is 12.4. The number of hydrogen-bond donors (Lipinski definition) is 1. The van der Waals surface area contributed by atoms with E-state index in [0.29, 0.717) is 48.8 Å². The lowest BCUT2D eigenvalue weighted by Crippen LogP contribution is -2.46. The van der Waals surface area contributed by atoms with Crippen molar-refractivity contribution < 1.29 is 27.5 Å². The summed E-state index contributed by atoms with van der Waals surface area (Å²) in [6.45, 7) is 3.97. The number of carbonyl (C=O) groups is 1. The molecule has 0 aromatic heterocycles. The second-order valence-corrected chi connectivity index (χ2v) is 14.8. The molecule has 43 heavy (non-hydrogen) atoms. The third kappa shape index (κ3) is 6.38. The van der Waals surface area contributed by atoms with Crippen molar-refractivity contribution in [3.8, 4) is 5.75 Å². The lowest BCUT2D eigenvalue weighted by molar-refractivity contribution is -0.137. The number of halogens is 4. The summed E-state index contributed by atoms with van der Waals surface area (Å²) < 4.78 is 54.4. The Hall–Kier alpha value is -2.06. The molecule has 3 nitrogen and oxygen atoms in total. The van der Waals surface area contributed by atoms with E-state index >= 15 is 4.39 Å². The molecule has 2 aromatic carbocycles. The number of fused-ring (bicyclic) bond motifs is 5. The number of hydrogen-bond acceptors (Lipinski definition) is 4. The normalized spacial score (nSPS) is 31.5. The Labute approximate surface area is 256 Å². The van der Waals surface area contributed by atoms with E-state index in [1.54, 1.807) is 30.0 Å². The summed E-state index contributed by atoms with van der Waals surface area (Å²) in [5.41, 5.74) is 1.55. The third-order valence-corrected chi connectivity index (χ3v) is 12.4. The smallest absolute Gasteiger partial charge is 0.416 e. The Kier molecular flexibility index (Phi) is 8.91. The molecule has 234 valence electrons. The number of aromatic hydroxyl groups is 1. The van der Waals surface area contributed by atoms with E-state index in [-0.39, 0.29) is 17.1 Å². The first-order chi connectivity index (χ1) is 20.5. The number of rotatable bonds is 9. The van der Waals surface area contributed by atoms with Crippen molar-refractivity contribution in [2.45, 2.75) is 100 Å². The van der Waals surface area contributed by atoms with Crippen LogP contribution in [0.2, 0.25) is 0 Å². The van der Waals surface area contributed by atoms with Gasteiger partial charge in [-0.05, 0) is 142 Å². The van der Waals surface area contributed by atoms with Crippen LogP contribution in [0.25, 0.3) is 0 Å². The summed E-state index contributed by atoms with van der Waals surface area (Å²) in [7, 11) is 0. The van der Waals surface area contributed by atoms with E-state index in [0.717, 1.165) is 86.4 Å². The van der Waals surface area contributed by atoms with Crippen LogP contribution in [0.15, 0.2) is 47.4 Å². The molecule has 0 spiro atoms. The van der Waals surface area contributed by atoms with E-state index in [1.165, 1.54) is 5.56 Å². The first kappa shape index (κ1) is 30.9. The zero-order chi connectivity index (χ0) is 30.4. The monoisotopic (exact) mass is 617 g/mol. The Morgan fingerprint density at radius 2 is 1.91 bits per heavy atom. The molecule has 7 atom stereocenters. The summed E-state index contributed by atoms with van der Waals surface area (Å²) >= 11 is 1.59. The molecule has 3 fully saturated rings. The van der Waals surface area contributed by atoms with Crippen molar-refractivity contribution in [3.63, 3.8) is 0 Å². The topological polar surface area (TPSA) is 40.5 Å². The summed E-state index contributed by atoms with van der Waals surface area (Å²) in [6, 6.07) is 11.4. The number of phenolic OH excluding ortho intramolecular Hbond substituents is 1. The van der Waals surface area contributed by atoms with Gasteiger partial charge in [0.2, 0.25) is 0 Å². The maximum absolute atomic E-state index is 15.8. The lowest BCUT2D eigenvalue weighted by Gasteiger charge is -2.52. The van der Waals surface area contributed by atoms with Gasteiger partial charge >= 0.3 is 6.18 Å². The van der Waals surface area contributed by atoms with E-state index < -0.39 is 17.9 Å². The van der Waals surface area contributed by atoms with Gasteiger partial charge in [-0.25, -0.2) is 4.39 Å². The van der Waals surface area contributed by atoms with Crippen LogP contribution >= 0.6 is 11.8 Å². The Balaban J connectivity index is 1.04. The molecule has 0 amide bonds. The molecule has 0 radical (unpaired) electrons. The maximum Gasteiger partial charge on any atom is 0.416 e. The maximum atomic E-state index is 15.8. The van der Waals surface area contributed by atoms with Crippen molar-refractivity contribution in [2.75, 3.05) is 18.8 Å². The highest BCUT2D eigenvalue weighted by atomic mass is 32.2. The molecule has 3 aliphatic carbocycles. The Morgan fingerprint density at radius 1 is 1.12 bits per heavy atom. The zero-order valence-electron chi connectivity index (χ0n) is 24.9. The number of alkyl halides is 4. The molecule has 0 bridgehead atoms. The van der Waals surface area contributed by atoms with Crippen LogP contribution in [-0.2, 0) is 17.4 Å². The van der Waals surface area contributed by atoms with Gasteiger partial charge in [-0.2, -0.15) is 13.2 Å². The molecule has 1 saturated heterocycles. The number of phenols is 1. The molecule has 1 N–H and O–H groups in total. The molecule has 2 aromatic rings. The summed E-state index contributed by atoms with van der Waals surface area (Å²) in [5, 5.41) is 10.2. The summed E-state index contributed by atoms with van der Waals surface area (Å²) in [6.07, 6.45) is 2.90. The minimum absolute atomic E-state index is 0.171. The number of ketones is 1.